The topological polar surface area (TPSA) is 320 Å². The van der Waals surface area contributed by atoms with Gasteiger partial charge in [0, 0.05) is 52.5 Å². The highest BCUT2D eigenvalue weighted by molar-refractivity contribution is 7.16. The second-order valence-electron chi connectivity index (χ2n) is 16.3. The van der Waals surface area contributed by atoms with Gasteiger partial charge >= 0.3 is 0 Å². The zero-order valence-electron chi connectivity index (χ0n) is 39.8. The van der Waals surface area contributed by atoms with E-state index in [1.165, 1.54) is 59.5 Å². The van der Waals surface area contributed by atoms with Crippen molar-refractivity contribution >= 4 is 114 Å². The third kappa shape index (κ3) is 12.2. The van der Waals surface area contributed by atoms with Crippen molar-refractivity contribution in [3.63, 3.8) is 0 Å². The lowest BCUT2D eigenvalue weighted by Crippen LogP contribution is -2.40. The van der Waals surface area contributed by atoms with Crippen molar-refractivity contribution in [3.8, 4) is 43.4 Å². The van der Waals surface area contributed by atoms with Crippen LogP contribution in [-0.4, -0.2) is 103 Å². The van der Waals surface area contributed by atoms with Crippen LogP contribution in [-0.2, 0) is 25.7 Å². The van der Waals surface area contributed by atoms with Crippen LogP contribution in [0.5, 0.6) is 0 Å². The quantitative estimate of drug-likeness (QED) is 0.0724. The van der Waals surface area contributed by atoms with E-state index in [0.29, 0.717) is 82.5 Å². The third-order valence-corrected chi connectivity index (χ3v) is 16.7. The van der Waals surface area contributed by atoms with Gasteiger partial charge < -0.3 is 42.2 Å². The van der Waals surface area contributed by atoms with Gasteiger partial charge in [-0.2, -0.15) is 0 Å². The van der Waals surface area contributed by atoms with E-state index in [2.05, 4.69) is 46.9 Å². The number of benzene rings is 1. The second-order valence-corrected chi connectivity index (χ2v) is 22.1. The highest BCUT2D eigenvalue weighted by atomic mass is 32.1. The maximum absolute atomic E-state index is 14.1. The summed E-state index contributed by atoms with van der Waals surface area (Å²) in [6.07, 6.45) is -0.716. The molecule has 0 fully saturated rings. The lowest BCUT2D eigenvalue weighted by molar-refractivity contribution is -0.122. The maximum atomic E-state index is 14.1. The van der Waals surface area contributed by atoms with E-state index >= 15 is 0 Å². The van der Waals surface area contributed by atoms with Crippen LogP contribution in [0.1, 0.15) is 94.2 Å². The summed E-state index contributed by atoms with van der Waals surface area (Å²) in [6, 6.07) is 10.2. The fourth-order valence-electron chi connectivity index (χ4n) is 7.44. The van der Waals surface area contributed by atoms with Crippen molar-refractivity contribution in [1.82, 2.24) is 56.2 Å². The highest BCUT2D eigenvalue weighted by Crippen LogP contribution is 2.40. The molecule has 0 radical (unpaired) electrons. The van der Waals surface area contributed by atoms with E-state index in [1.54, 1.807) is 70.9 Å². The molecule has 0 saturated heterocycles. The van der Waals surface area contributed by atoms with Gasteiger partial charge in [0.15, 0.2) is 5.13 Å². The number of aromatic nitrogens is 7. The summed E-state index contributed by atoms with van der Waals surface area (Å²) in [7, 11) is 2.89. The molecule has 1 aliphatic heterocycles. The molecule has 0 spiro atoms. The molecule has 8 aromatic rings. The number of thiazole rings is 6. The van der Waals surface area contributed by atoms with Gasteiger partial charge in [-0.05, 0) is 37.6 Å². The van der Waals surface area contributed by atoms with Gasteiger partial charge in [-0.3, -0.25) is 34.1 Å². The number of aryl methyl sites for hydroxylation is 1. The Bertz CT molecular complexity index is 3420. The summed E-state index contributed by atoms with van der Waals surface area (Å²) in [5.74, 6) is -2.92. The summed E-state index contributed by atoms with van der Waals surface area (Å²) in [5, 5.41) is 37.1. The summed E-state index contributed by atoms with van der Waals surface area (Å²) >= 11 is 7.02. The standard InChI is InChI=1S/C47H44N14O8S6/c1-21-34-41(68)61-47-60-36(29(75-47)16-69-3)40(67)50-15-33(64)58-37(38(65)22-8-5-4-6-9-22)46-55-28(19-72-46)44-53-26(17-71-44)35-23(11-12-24(51-35)43-57-30(20-73-43)56-31(62)10-7-13-48)42-54-27(18-70-42)39(66)52-25(14-32(63)49-2)45(59-34)74-21/h4-6,8-9,11-12,17-20,25,37-38,65H,7,10,13-16,48H2,1-3H3,(H,49,63)(H,50,67)(H,52,66)(H,56,62)(H,58,64)(H,60,61,68)/t25-,37-,38-/m0/s1. The van der Waals surface area contributed by atoms with Crippen LogP contribution >= 0.6 is 68.0 Å². The van der Waals surface area contributed by atoms with Gasteiger partial charge in [0.2, 0.25) is 17.7 Å². The van der Waals surface area contributed by atoms with Crippen molar-refractivity contribution in [3.05, 3.63) is 106 Å². The van der Waals surface area contributed by atoms with Crippen LogP contribution in [0.25, 0.3) is 43.4 Å². The predicted octanol–water partition coefficient (Wildman–Crippen LogP) is 6.11. The highest BCUT2D eigenvalue weighted by Gasteiger charge is 2.31. The Hall–Kier alpha value is -7.15. The van der Waals surface area contributed by atoms with E-state index in [0.717, 1.165) is 22.7 Å². The summed E-state index contributed by atoms with van der Waals surface area (Å²) in [5.41, 5.74) is 8.28. The average molecular weight is 1130 g/mol. The molecule has 0 aliphatic carbocycles. The van der Waals surface area contributed by atoms with Crippen LogP contribution in [0.4, 0.5) is 10.9 Å². The molecule has 8 heterocycles. The maximum Gasteiger partial charge on any atom is 0.277 e. The lowest BCUT2D eigenvalue weighted by Gasteiger charge is -2.23. The van der Waals surface area contributed by atoms with E-state index in [1.807, 2.05) is 0 Å². The first kappa shape index (κ1) is 52.7. The number of nitrogens with two attached hydrogens (primary N) is 1. The van der Waals surface area contributed by atoms with Gasteiger partial charge in [0.1, 0.15) is 77.2 Å². The Morgan fingerprint density at radius 2 is 1.51 bits per heavy atom. The Morgan fingerprint density at radius 3 is 2.29 bits per heavy atom. The minimum atomic E-state index is -1.26. The van der Waals surface area contributed by atoms with E-state index in [-0.39, 0.29) is 52.6 Å². The minimum Gasteiger partial charge on any atom is -0.386 e. The number of fused-ring (bicyclic) bond motifs is 14. The average Bonchev–Trinajstić information content (AvgIpc) is 4.29. The van der Waals surface area contributed by atoms with Gasteiger partial charge in [-0.25, -0.2) is 34.9 Å². The number of nitrogens with one attached hydrogen (secondary N) is 6. The zero-order valence-corrected chi connectivity index (χ0v) is 44.7. The van der Waals surface area contributed by atoms with Crippen LogP contribution in [0.3, 0.4) is 0 Å². The Morgan fingerprint density at radius 1 is 0.760 bits per heavy atom. The molecule has 3 atom stereocenters. The molecule has 9 rings (SSSR count). The molecule has 75 heavy (non-hydrogen) atoms. The van der Waals surface area contributed by atoms with E-state index < -0.39 is 54.3 Å². The van der Waals surface area contributed by atoms with E-state index in [9.17, 15) is 33.9 Å². The lowest BCUT2D eigenvalue weighted by atomic mass is 10.0. The van der Waals surface area contributed by atoms with Crippen molar-refractivity contribution in [2.24, 2.45) is 5.73 Å². The predicted molar refractivity (Wildman–Crippen MR) is 287 cm³/mol. The van der Waals surface area contributed by atoms with Crippen molar-refractivity contribution in [2.75, 3.05) is 37.9 Å². The number of hydrogen-bond donors (Lipinski definition) is 8. The molecular weight excluding hydrogens is 1080 g/mol. The molecule has 6 amide bonds. The molecule has 386 valence electrons. The summed E-state index contributed by atoms with van der Waals surface area (Å²) in [6.45, 7) is 1.47. The fraction of sp³-hybridized carbons (Fsp3) is 0.255. The number of ether oxygens (including phenoxy) is 1. The summed E-state index contributed by atoms with van der Waals surface area (Å²) in [4.78, 5) is 115. The van der Waals surface area contributed by atoms with Crippen LogP contribution < -0.4 is 37.6 Å². The molecule has 9 N–H and O–H groups in total. The molecule has 22 nitrogen and oxygen atoms in total. The first-order chi connectivity index (χ1) is 36.3. The van der Waals surface area contributed by atoms with Crippen LogP contribution in [0.2, 0.25) is 0 Å². The smallest absolute Gasteiger partial charge is 0.277 e. The molecule has 7 aromatic heterocycles. The molecule has 0 unspecified atom stereocenters. The monoisotopic (exact) mass is 1120 g/mol. The number of hydrogen-bond acceptors (Lipinski definition) is 22. The number of aliphatic hydroxyl groups is 1. The molecule has 1 aliphatic rings. The number of pyridine rings is 1. The largest absolute Gasteiger partial charge is 0.386 e. The normalized spacial score (nSPS) is 15.6. The van der Waals surface area contributed by atoms with Gasteiger partial charge in [-0.15, -0.1) is 56.7 Å². The fourth-order valence-corrected chi connectivity index (χ4v) is 12.6. The Kier molecular flexibility index (Phi) is 16.6. The number of amides is 6. The number of nitrogens with zero attached hydrogens (tertiary/aromatic N) is 7. The second kappa shape index (κ2) is 23.6. The van der Waals surface area contributed by atoms with E-state index in [4.69, 9.17) is 30.4 Å². The summed E-state index contributed by atoms with van der Waals surface area (Å²) < 4.78 is 5.33. The van der Waals surface area contributed by atoms with Crippen LogP contribution in [0, 0.1) is 6.92 Å². The van der Waals surface area contributed by atoms with Crippen molar-refractivity contribution < 1.29 is 38.6 Å². The molecular formula is C47H44N14O8S6. The molecule has 0 saturated carbocycles. The SMILES string of the molecule is CNC(=O)C[C@@H]1NC(=O)c2csc(n2)-c2ccc(-c3nc(NC(=O)CCCN)cs3)nc2-c2csc(n2)-c2csc(n2)[C@H]([C@@H](O)c2ccccc2)NC(=O)CNC(=O)c2nc(sc2COC)NC(=O)c2nc1sc2C. The third-order valence-electron chi connectivity index (χ3n) is 11.1. The van der Waals surface area contributed by atoms with Gasteiger partial charge in [0.05, 0.1) is 36.2 Å². The Labute approximate surface area is 450 Å². The first-order valence-electron chi connectivity index (χ1n) is 22.7. The van der Waals surface area contributed by atoms with Crippen molar-refractivity contribution in [1.29, 1.82) is 0 Å². The number of methoxy groups -OCH3 is 1. The number of aliphatic hydroxyl groups excluding tert-OH is 1. The van der Waals surface area contributed by atoms with Crippen LogP contribution in [0.15, 0.2) is 64.0 Å². The first-order valence-corrected chi connectivity index (χ1v) is 27.9. The zero-order chi connectivity index (χ0) is 52.8. The van der Waals surface area contributed by atoms with Crippen molar-refractivity contribution in [2.45, 2.75) is 51.0 Å². The number of rotatable bonds is 11. The number of anilines is 2. The number of carbonyl (C=O) groups excluding carboxylic acids is 6. The molecule has 1 aromatic carbocycles. The van der Waals surface area contributed by atoms with Gasteiger partial charge in [-0.1, -0.05) is 41.7 Å². The minimum absolute atomic E-state index is 0.00377. The van der Waals surface area contributed by atoms with Gasteiger partial charge in [0.25, 0.3) is 17.7 Å². The Balaban J connectivity index is 1.12. The number of carbonyl (C=O) groups is 6. The molecule has 28 heteroatoms. The molecule has 10 bridgehead atoms.